The zero-order chi connectivity index (χ0) is 20.0. The van der Waals surface area contributed by atoms with E-state index in [4.69, 9.17) is 15.2 Å². The number of piperidine rings is 1. The van der Waals surface area contributed by atoms with Crippen LogP contribution in [0, 0.1) is 11.7 Å². The molecule has 1 fully saturated rings. The SMILES string of the molecule is CC(C)(C)OC(=O)N1CCC(CCCOc2ccc(C(N)=O)c(F)c2)CC1. The Hall–Kier alpha value is -2.31. The Morgan fingerprint density at radius 3 is 2.48 bits per heavy atom. The number of nitrogens with zero attached hydrogens (tertiary/aromatic N) is 1. The molecule has 6 nitrogen and oxygen atoms in total. The maximum absolute atomic E-state index is 13.7. The molecular weight excluding hydrogens is 351 g/mol. The molecule has 150 valence electrons. The van der Waals surface area contributed by atoms with Crippen molar-refractivity contribution in [2.45, 2.75) is 52.1 Å². The molecule has 0 aromatic heterocycles. The molecule has 27 heavy (non-hydrogen) atoms. The smallest absolute Gasteiger partial charge is 0.410 e. The summed E-state index contributed by atoms with van der Waals surface area (Å²) in [4.78, 5) is 24.8. The highest BCUT2D eigenvalue weighted by molar-refractivity contribution is 5.93. The molecule has 0 spiro atoms. The minimum atomic E-state index is -0.795. The van der Waals surface area contributed by atoms with Crippen LogP contribution in [0.2, 0.25) is 0 Å². The maximum atomic E-state index is 13.7. The second-order valence-corrected chi connectivity index (χ2v) is 7.91. The van der Waals surface area contributed by atoms with E-state index in [0.717, 1.165) is 25.7 Å². The van der Waals surface area contributed by atoms with E-state index >= 15 is 0 Å². The van der Waals surface area contributed by atoms with E-state index in [1.54, 1.807) is 11.0 Å². The molecule has 1 saturated heterocycles. The number of carbonyl (C=O) groups is 2. The molecule has 0 aliphatic carbocycles. The molecule has 1 aliphatic rings. The first-order valence-electron chi connectivity index (χ1n) is 9.36. The van der Waals surface area contributed by atoms with Crippen molar-refractivity contribution < 1.29 is 23.5 Å². The van der Waals surface area contributed by atoms with E-state index in [9.17, 15) is 14.0 Å². The summed E-state index contributed by atoms with van der Waals surface area (Å²) in [5.41, 5.74) is 4.46. The molecule has 0 saturated carbocycles. The monoisotopic (exact) mass is 380 g/mol. The lowest BCUT2D eigenvalue weighted by Crippen LogP contribution is -2.41. The molecule has 2 N–H and O–H groups in total. The van der Waals surface area contributed by atoms with Gasteiger partial charge in [-0.2, -0.15) is 0 Å². The van der Waals surface area contributed by atoms with Crippen molar-refractivity contribution in [2.75, 3.05) is 19.7 Å². The maximum Gasteiger partial charge on any atom is 0.410 e. The number of amides is 2. The summed E-state index contributed by atoms with van der Waals surface area (Å²) in [6.45, 7) is 7.49. The van der Waals surface area contributed by atoms with Crippen LogP contribution in [0.1, 0.15) is 56.8 Å². The fraction of sp³-hybridized carbons (Fsp3) is 0.600. The van der Waals surface area contributed by atoms with Gasteiger partial charge in [-0.05, 0) is 64.5 Å². The second-order valence-electron chi connectivity index (χ2n) is 7.91. The predicted octanol–water partition coefficient (Wildman–Crippen LogP) is 3.73. The molecule has 1 aromatic carbocycles. The van der Waals surface area contributed by atoms with Crippen LogP contribution < -0.4 is 10.5 Å². The molecule has 0 bridgehead atoms. The van der Waals surface area contributed by atoms with Crippen molar-refractivity contribution in [3.63, 3.8) is 0 Å². The van der Waals surface area contributed by atoms with E-state index < -0.39 is 17.3 Å². The van der Waals surface area contributed by atoms with Crippen molar-refractivity contribution in [1.82, 2.24) is 4.90 Å². The van der Waals surface area contributed by atoms with Crippen molar-refractivity contribution in [3.05, 3.63) is 29.6 Å². The number of hydrogen-bond acceptors (Lipinski definition) is 4. The first-order chi connectivity index (χ1) is 12.7. The number of likely N-dealkylation sites (tertiary alicyclic amines) is 1. The van der Waals surface area contributed by atoms with E-state index in [0.29, 0.717) is 31.4 Å². The van der Waals surface area contributed by atoms with E-state index in [2.05, 4.69) is 0 Å². The van der Waals surface area contributed by atoms with Gasteiger partial charge in [0.1, 0.15) is 17.2 Å². The van der Waals surface area contributed by atoms with Gasteiger partial charge >= 0.3 is 6.09 Å². The lowest BCUT2D eigenvalue weighted by atomic mass is 9.92. The summed E-state index contributed by atoms with van der Waals surface area (Å²) >= 11 is 0. The number of ether oxygens (including phenoxy) is 2. The number of nitrogens with two attached hydrogens (primary N) is 1. The highest BCUT2D eigenvalue weighted by atomic mass is 19.1. The number of primary amides is 1. The minimum Gasteiger partial charge on any atom is -0.493 e. The van der Waals surface area contributed by atoms with E-state index in [-0.39, 0.29) is 11.7 Å². The Bertz CT molecular complexity index is 664. The topological polar surface area (TPSA) is 81.9 Å². The highest BCUT2D eigenvalue weighted by Crippen LogP contribution is 2.24. The number of hydrogen-bond donors (Lipinski definition) is 1. The van der Waals surface area contributed by atoms with Crippen LogP contribution in [-0.2, 0) is 4.74 Å². The molecule has 2 rings (SSSR count). The van der Waals surface area contributed by atoms with E-state index in [1.165, 1.54) is 12.1 Å². The summed E-state index contributed by atoms with van der Waals surface area (Å²) in [6, 6.07) is 4.06. The zero-order valence-corrected chi connectivity index (χ0v) is 16.3. The Morgan fingerprint density at radius 2 is 1.93 bits per heavy atom. The molecule has 1 heterocycles. The normalized spacial score (nSPS) is 15.5. The lowest BCUT2D eigenvalue weighted by Gasteiger charge is -2.33. The van der Waals surface area contributed by atoms with Gasteiger partial charge in [0.2, 0.25) is 0 Å². The van der Waals surface area contributed by atoms with Crippen LogP contribution in [0.4, 0.5) is 9.18 Å². The van der Waals surface area contributed by atoms with Crippen LogP contribution in [0.25, 0.3) is 0 Å². The Morgan fingerprint density at radius 1 is 1.26 bits per heavy atom. The van der Waals surface area contributed by atoms with Crippen LogP contribution in [-0.4, -0.2) is 42.2 Å². The number of carbonyl (C=O) groups excluding carboxylic acids is 2. The van der Waals surface area contributed by atoms with Gasteiger partial charge < -0.3 is 20.1 Å². The summed E-state index contributed by atoms with van der Waals surface area (Å²) in [5.74, 6) is -0.537. The van der Waals surface area contributed by atoms with Gasteiger partial charge in [0, 0.05) is 19.2 Å². The van der Waals surface area contributed by atoms with Crippen LogP contribution >= 0.6 is 0 Å². The summed E-state index contributed by atoms with van der Waals surface area (Å²) in [5, 5.41) is 0. The summed E-state index contributed by atoms with van der Waals surface area (Å²) < 4.78 is 24.6. The first-order valence-corrected chi connectivity index (χ1v) is 9.36. The molecular formula is C20H29FN2O4. The molecule has 1 aliphatic heterocycles. The van der Waals surface area contributed by atoms with Gasteiger partial charge in [0.25, 0.3) is 5.91 Å². The Kier molecular flexibility index (Phi) is 7.05. The average Bonchev–Trinajstić information content (AvgIpc) is 2.57. The largest absolute Gasteiger partial charge is 0.493 e. The first kappa shape index (κ1) is 21.0. The molecule has 0 unspecified atom stereocenters. The summed E-state index contributed by atoms with van der Waals surface area (Å²) in [6.07, 6.45) is 3.48. The van der Waals surface area contributed by atoms with Gasteiger partial charge in [0.05, 0.1) is 12.2 Å². The molecule has 1 aromatic rings. The van der Waals surface area contributed by atoms with Crippen LogP contribution in [0.15, 0.2) is 18.2 Å². The molecule has 7 heteroatoms. The fourth-order valence-corrected chi connectivity index (χ4v) is 3.08. The van der Waals surface area contributed by atoms with Crippen LogP contribution in [0.5, 0.6) is 5.75 Å². The standard InChI is InChI=1S/C20H29FN2O4/c1-20(2,3)27-19(25)23-10-8-14(9-11-23)5-4-12-26-15-6-7-16(18(22)24)17(21)13-15/h6-7,13-14H,4-5,8-12H2,1-3H3,(H2,22,24). The predicted molar refractivity (Wildman–Crippen MR) is 100 cm³/mol. The van der Waals surface area contributed by atoms with Crippen molar-refractivity contribution >= 4 is 12.0 Å². The Labute approximate surface area is 159 Å². The third-order valence-corrected chi connectivity index (χ3v) is 4.50. The minimum absolute atomic E-state index is 0.140. The van der Waals surface area contributed by atoms with Gasteiger partial charge in [-0.25, -0.2) is 9.18 Å². The number of rotatable bonds is 6. The molecule has 2 amide bonds. The average molecular weight is 380 g/mol. The fourth-order valence-electron chi connectivity index (χ4n) is 3.08. The van der Waals surface area contributed by atoms with Gasteiger partial charge in [-0.1, -0.05) is 0 Å². The molecule has 0 atom stereocenters. The van der Waals surface area contributed by atoms with Crippen LogP contribution in [0.3, 0.4) is 0 Å². The lowest BCUT2D eigenvalue weighted by molar-refractivity contribution is 0.0179. The Balaban J connectivity index is 1.67. The third-order valence-electron chi connectivity index (χ3n) is 4.50. The third kappa shape index (κ3) is 6.73. The summed E-state index contributed by atoms with van der Waals surface area (Å²) in [7, 11) is 0. The second kappa shape index (κ2) is 9.06. The highest BCUT2D eigenvalue weighted by Gasteiger charge is 2.26. The molecule has 0 radical (unpaired) electrons. The van der Waals surface area contributed by atoms with Gasteiger partial charge in [0.15, 0.2) is 0 Å². The van der Waals surface area contributed by atoms with Crippen molar-refractivity contribution in [2.24, 2.45) is 11.7 Å². The van der Waals surface area contributed by atoms with Gasteiger partial charge in [-0.3, -0.25) is 4.79 Å². The van der Waals surface area contributed by atoms with E-state index in [1.807, 2.05) is 20.8 Å². The number of halogens is 1. The quantitative estimate of drug-likeness (QED) is 0.763. The van der Waals surface area contributed by atoms with Gasteiger partial charge in [-0.15, -0.1) is 0 Å². The van der Waals surface area contributed by atoms with Crippen molar-refractivity contribution in [1.29, 1.82) is 0 Å². The number of benzene rings is 1. The van der Waals surface area contributed by atoms with Crippen molar-refractivity contribution in [3.8, 4) is 5.75 Å². The zero-order valence-electron chi connectivity index (χ0n) is 16.3.